The molecule has 0 atom stereocenters. The standard InChI is InChI=1S/C14H16N2O2S.BrH/c1-4-16-13(19-10(2)15-16)9-8-11-6-5-7-12(17)14(11)18-3;/h5-9H,4H2,1-3H3;1H/b9-8+;. The van der Waals surface area contributed by atoms with Gasteiger partial charge in [-0.05, 0) is 37.3 Å². The smallest absolute Gasteiger partial charge is 0.289 e. The third-order valence-corrected chi connectivity index (χ3v) is 3.64. The number of phenols is 1. The van der Waals surface area contributed by atoms with E-state index in [0.717, 1.165) is 22.1 Å². The van der Waals surface area contributed by atoms with Crippen LogP contribution in [0.3, 0.4) is 0 Å². The van der Waals surface area contributed by atoms with E-state index >= 15 is 0 Å². The van der Waals surface area contributed by atoms with E-state index in [4.69, 9.17) is 4.74 Å². The number of aromatic hydroxyl groups is 1. The molecule has 0 aliphatic heterocycles. The summed E-state index contributed by atoms with van der Waals surface area (Å²) in [5.41, 5.74) is 0.844. The van der Waals surface area contributed by atoms with Crippen molar-refractivity contribution in [3.8, 4) is 11.5 Å². The summed E-state index contributed by atoms with van der Waals surface area (Å²) in [6, 6.07) is 5.31. The number of halogens is 1. The van der Waals surface area contributed by atoms with Crippen LogP contribution in [-0.2, 0) is 6.54 Å². The molecule has 1 aromatic heterocycles. The molecule has 0 saturated heterocycles. The van der Waals surface area contributed by atoms with Gasteiger partial charge in [0.2, 0.25) is 0 Å². The molecule has 0 fully saturated rings. The van der Waals surface area contributed by atoms with E-state index in [1.807, 2.05) is 29.8 Å². The van der Waals surface area contributed by atoms with E-state index in [1.165, 1.54) is 0 Å². The molecular formula is C14H17BrN2O2S. The number of nitrogens with zero attached hydrogens (tertiary/aromatic N) is 2. The topological polar surface area (TPSA) is 46.2 Å². The SMILES string of the molecule is CC[n+]1nc(C)sc1/C=C/c1cccc(O)c1OC.[Br-]. The Morgan fingerprint density at radius 3 is 2.80 bits per heavy atom. The molecule has 1 aromatic carbocycles. The lowest BCUT2D eigenvalue weighted by atomic mass is 10.1. The number of phenolic OH excluding ortho intramolecular Hbond substituents is 1. The molecule has 0 spiro atoms. The van der Waals surface area contributed by atoms with Crippen molar-refractivity contribution >= 4 is 23.5 Å². The first-order valence-electron chi connectivity index (χ1n) is 6.07. The molecule has 0 bridgehead atoms. The molecule has 1 N–H and O–H groups in total. The average Bonchev–Trinajstić information content (AvgIpc) is 2.76. The Kier molecular flexibility index (Phi) is 6.16. The van der Waals surface area contributed by atoms with Crippen LogP contribution in [0.2, 0.25) is 0 Å². The van der Waals surface area contributed by atoms with Gasteiger partial charge < -0.3 is 26.8 Å². The van der Waals surface area contributed by atoms with Gasteiger partial charge >= 0.3 is 0 Å². The molecule has 2 rings (SSSR count). The third kappa shape index (κ3) is 3.58. The number of hydrogen-bond donors (Lipinski definition) is 1. The van der Waals surface area contributed by atoms with Gasteiger partial charge in [0.15, 0.2) is 23.1 Å². The Morgan fingerprint density at radius 2 is 2.15 bits per heavy atom. The number of rotatable bonds is 4. The van der Waals surface area contributed by atoms with Gasteiger partial charge in [-0.1, -0.05) is 16.8 Å². The summed E-state index contributed by atoms with van der Waals surface area (Å²) in [7, 11) is 1.55. The van der Waals surface area contributed by atoms with E-state index < -0.39 is 0 Å². The van der Waals surface area contributed by atoms with Crippen LogP contribution in [0.25, 0.3) is 12.2 Å². The minimum Gasteiger partial charge on any atom is -1.00 e. The number of benzene rings is 1. The van der Waals surface area contributed by atoms with Crippen molar-refractivity contribution in [3.05, 3.63) is 33.8 Å². The van der Waals surface area contributed by atoms with Crippen LogP contribution >= 0.6 is 11.3 Å². The van der Waals surface area contributed by atoms with Crippen LogP contribution in [0.4, 0.5) is 0 Å². The van der Waals surface area contributed by atoms with E-state index in [2.05, 4.69) is 12.0 Å². The summed E-state index contributed by atoms with van der Waals surface area (Å²) in [4.78, 5) is 0. The van der Waals surface area contributed by atoms with Crippen molar-refractivity contribution in [2.24, 2.45) is 0 Å². The average molecular weight is 357 g/mol. The Balaban J connectivity index is 0.00000200. The fourth-order valence-electron chi connectivity index (χ4n) is 1.85. The van der Waals surface area contributed by atoms with Crippen LogP contribution in [0.15, 0.2) is 18.2 Å². The summed E-state index contributed by atoms with van der Waals surface area (Å²) in [6.45, 7) is 4.88. The van der Waals surface area contributed by atoms with Crippen molar-refractivity contribution in [2.75, 3.05) is 7.11 Å². The molecule has 20 heavy (non-hydrogen) atoms. The maximum Gasteiger partial charge on any atom is 0.289 e. The van der Waals surface area contributed by atoms with Gasteiger partial charge in [-0.15, -0.1) is 0 Å². The quantitative estimate of drug-likeness (QED) is 0.761. The lowest BCUT2D eigenvalue weighted by Crippen LogP contribution is -3.00. The fraction of sp³-hybridized carbons (Fsp3) is 0.286. The summed E-state index contributed by atoms with van der Waals surface area (Å²) in [5.74, 6) is 0.636. The van der Waals surface area contributed by atoms with Crippen LogP contribution in [0, 0.1) is 6.92 Å². The molecule has 2 aromatic rings. The molecule has 0 amide bonds. The highest BCUT2D eigenvalue weighted by atomic mass is 79.9. The monoisotopic (exact) mass is 356 g/mol. The van der Waals surface area contributed by atoms with E-state index in [0.29, 0.717) is 5.75 Å². The minimum absolute atomic E-state index is 0. The molecule has 0 aliphatic carbocycles. The second-order valence-electron chi connectivity index (χ2n) is 4.01. The van der Waals surface area contributed by atoms with E-state index in [1.54, 1.807) is 30.6 Å². The lowest BCUT2D eigenvalue weighted by molar-refractivity contribution is -0.747. The first-order valence-corrected chi connectivity index (χ1v) is 6.89. The number of methoxy groups -OCH3 is 1. The zero-order valence-electron chi connectivity index (χ0n) is 11.6. The molecular weight excluding hydrogens is 340 g/mol. The van der Waals surface area contributed by atoms with Crippen LogP contribution in [0.1, 0.15) is 22.5 Å². The van der Waals surface area contributed by atoms with Gasteiger partial charge in [0.25, 0.3) is 5.01 Å². The maximum absolute atomic E-state index is 9.72. The van der Waals surface area contributed by atoms with Crippen molar-refractivity contribution in [1.82, 2.24) is 5.10 Å². The predicted octanol–water partition coefficient (Wildman–Crippen LogP) is -0.352. The molecule has 0 aliphatic rings. The predicted molar refractivity (Wildman–Crippen MR) is 76.3 cm³/mol. The van der Waals surface area contributed by atoms with Crippen molar-refractivity contribution in [2.45, 2.75) is 20.4 Å². The molecule has 4 nitrogen and oxygen atoms in total. The Hall–Kier alpha value is -1.40. The summed E-state index contributed by atoms with van der Waals surface area (Å²) < 4.78 is 7.16. The van der Waals surface area contributed by atoms with E-state index in [-0.39, 0.29) is 22.7 Å². The summed E-state index contributed by atoms with van der Waals surface area (Å²) in [6.07, 6.45) is 3.92. The van der Waals surface area contributed by atoms with Crippen LogP contribution in [0.5, 0.6) is 11.5 Å². The lowest BCUT2D eigenvalue weighted by Gasteiger charge is -2.05. The highest BCUT2D eigenvalue weighted by molar-refractivity contribution is 7.11. The Morgan fingerprint density at radius 1 is 1.40 bits per heavy atom. The summed E-state index contributed by atoms with van der Waals surface area (Å²) >= 11 is 1.64. The van der Waals surface area contributed by atoms with Crippen molar-refractivity contribution < 1.29 is 31.5 Å². The van der Waals surface area contributed by atoms with Gasteiger partial charge in [-0.3, -0.25) is 0 Å². The third-order valence-electron chi connectivity index (χ3n) is 2.70. The highest BCUT2D eigenvalue weighted by Gasteiger charge is 2.13. The van der Waals surface area contributed by atoms with Gasteiger partial charge in [0.1, 0.15) is 0 Å². The highest BCUT2D eigenvalue weighted by Crippen LogP contribution is 2.30. The Labute approximate surface area is 133 Å². The largest absolute Gasteiger partial charge is 1.00 e. The van der Waals surface area contributed by atoms with Crippen LogP contribution in [-0.4, -0.2) is 17.3 Å². The van der Waals surface area contributed by atoms with Crippen molar-refractivity contribution in [3.63, 3.8) is 0 Å². The number of aromatic nitrogens is 2. The first kappa shape index (κ1) is 16.7. The van der Waals surface area contributed by atoms with Gasteiger partial charge in [0.05, 0.1) is 7.11 Å². The van der Waals surface area contributed by atoms with Crippen LogP contribution < -0.4 is 26.4 Å². The van der Waals surface area contributed by atoms with Crippen molar-refractivity contribution in [1.29, 1.82) is 0 Å². The molecule has 6 heteroatoms. The number of para-hydroxylation sites is 1. The van der Waals surface area contributed by atoms with Gasteiger partial charge in [-0.25, -0.2) is 0 Å². The number of hydrogen-bond acceptors (Lipinski definition) is 4. The first-order chi connectivity index (χ1) is 9.15. The molecule has 0 saturated carbocycles. The second kappa shape index (κ2) is 7.40. The minimum atomic E-state index is 0. The maximum atomic E-state index is 9.72. The van der Waals surface area contributed by atoms with E-state index in [9.17, 15) is 5.11 Å². The normalized spacial score (nSPS) is 10.6. The van der Waals surface area contributed by atoms with Gasteiger partial charge in [-0.2, -0.15) is 0 Å². The molecule has 0 unspecified atom stereocenters. The van der Waals surface area contributed by atoms with Gasteiger partial charge in [0, 0.05) is 16.7 Å². The summed E-state index contributed by atoms with van der Waals surface area (Å²) in [5, 5.41) is 16.2. The zero-order valence-corrected chi connectivity index (χ0v) is 14.0. The number of ether oxygens (including phenoxy) is 1. The molecule has 1 heterocycles. The zero-order chi connectivity index (χ0) is 13.8. The molecule has 0 radical (unpaired) electrons. The number of aryl methyl sites for hydroxylation is 2. The molecule has 108 valence electrons. The fourth-order valence-corrected chi connectivity index (χ4v) is 2.70. The Bertz CT molecular complexity index is 611. The second-order valence-corrected chi connectivity index (χ2v) is 5.22.